The van der Waals surface area contributed by atoms with Gasteiger partial charge in [0.1, 0.15) is 0 Å². The second-order valence-corrected chi connectivity index (χ2v) is 9.37. The Morgan fingerprint density at radius 2 is 1.42 bits per heavy atom. The lowest BCUT2D eigenvalue weighted by molar-refractivity contribution is -0.123. The summed E-state index contributed by atoms with van der Waals surface area (Å²) in [4.78, 5) is 51.6. The summed E-state index contributed by atoms with van der Waals surface area (Å²) in [5.41, 5.74) is 1.19. The van der Waals surface area contributed by atoms with Crippen LogP contribution in [0.2, 0.25) is 0 Å². The number of fused-ring (bicyclic) bond motifs is 5. The van der Waals surface area contributed by atoms with Crippen molar-refractivity contribution in [3.8, 4) is 0 Å². The third-order valence-corrected chi connectivity index (χ3v) is 7.32. The number of halogens is 1. The van der Waals surface area contributed by atoms with Crippen LogP contribution in [0.1, 0.15) is 40.0 Å². The number of nitrogens with zero attached hydrogens (tertiary/aromatic N) is 1. The zero-order chi connectivity index (χ0) is 21.7. The van der Waals surface area contributed by atoms with E-state index >= 15 is 0 Å². The van der Waals surface area contributed by atoms with Crippen molar-refractivity contribution >= 4 is 45.2 Å². The largest absolute Gasteiger partial charge is 0.454 e. The molecule has 4 atom stereocenters. The molecule has 6 nitrogen and oxygen atoms in total. The number of rotatable bonds is 5. The molecule has 0 spiro atoms. The summed E-state index contributed by atoms with van der Waals surface area (Å²) in [7, 11) is 0. The first-order chi connectivity index (χ1) is 14.9. The van der Waals surface area contributed by atoms with Gasteiger partial charge in [0.2, 0.25) is 11.8 Å². The maximum Gasteiger partial charge on any atom is 0.338 e. The lowest BCUT2D eigenvalue weighted by Gasteiger charge is -2.19. The number of esters is 1. The van der Waals surface area contributed by atoms with Crippen LogP contribution >= 0.6 is 15.9 Å². The van der Waals surface area contributed by atoms with Gasteiger partial charge in [-0.2, -0.15) is 0 Å². The van der Waals surface area contributed by atoms with Gasteiger partial charge in [-0.1, -0.05) is 28.1 Å². The van der Waals surface area contributed by atoms with Gasteiger partial charge in [0.05, 0.1) is 23.1 Å². The zero-order valence-electron chi connectivity index (χ0n) is 16.6. The Morgan fingerprint density at radius 3 is 2.00 bits per heavy atom. The number of hydrogen-bond acceptors (Lipinski definition) is 5. The Labute approximate surface area is 187 Å². The summed E-state index contributed by atoms with van der Waals surface area (Å²) < 4.78 is 5.99. The first-order valence-corrected chi connectivity index (χ1v) is 11.2. The Kier molecular flexibility index (Phi) is 5.01. The molecule has 31 heavy (non-hydrogen) atoms. The Balaban J connectivity index is 1.24. The third kappa shape index (κ3) is 3.41. The lowest BCUT2D eigenvalue weighted by atomic mass is 9.81. The van der Waals surface area contributed by atoms with Crippen molar-refractivity contribution in [2.45, 2.75) is 19.3 Å². The number of ether oxygens (including phenoxy) is 1. The number of ketones is 1. The molecule has 2 aromatic carbocycles. The molecule has 1 heterocycles. The molecule has 1 saturated heterocycles. The quantitative estimate of drug-likeness (QED) is 0.365. The molecule has 0 radical (unpaired) electrons. The highest BCUT2D eigenvalue weighted by molar-refractivity contribution is 9.10. The van der Waals surface area contributed by atoms with Crippen molar-refractivity contribution < 1.29 is 23.9 Å². The average molecular weight is 482 g/mol. The molecule has 0 unspecified atom stereocenters. The maximum atomic E-state index is 12.9. The molecule has 2 saturated carbocycles. The van der Waals surface area contributed by atoms with Crippen LogP contribution in [-0.2, 0) is 14.3 Å². The number of imide groups is 1. The van der Waals surface area contributed by atoms with E-state index in [0.717, 1.165) is 23.7 Å². The lowest BCUT2D eigenvalue weighted by Crippen LogP contribution is -2.32. The van der Waals surface area contributed by atoms with Crippen molar-refractivity contribution in [2.75, 3.05) is 11.5 Å². The Bertz CT molecular complexity index is 1050. The topological polar surface area (TPSA) is 80.8 Å². The number of anilines is 1. The molecule has 2 aliphatic carbocycles. The Hall–Kier alpha value is -2.80. The van der Waals surface area contributed by atoms with Gasteiger partial charge in [0.25, 0.3) is 0 Å². The zero-order valence-corrected chi connectivity index (χ0v) is 18.2. The number of carbonyl (C=O) groups excluding carboxylic acids is 4. The van der Waals surface area contributed by atoms with Crippen LogP contribution in [0.4, 0.5) is 5.69 Å². The molecule has 0 aromatic heterocycles. The Morgan fingerprint density at radius 1 is 0.871 bits per heavy atom. The summed E-state index contributed by atoms with van der Waals surface area (Å²) >= 11 is 3.31. The second-order valence-electron chi connectivity index (χ2n) is 8.45. The van der Waals surface area contributed by atoms with Crippen LogP contribution in [-0.4, -0.2) is 30.2 Å². The van der Waals surface area contributed by atoms with Gasteiger partial charge in [0.15, 0.2) is 12.4 Å². The standard InChI is InChI=1S/C24H20BrNO5/c25-17-7-3-13(4-8-17)19(27)12-31-24(30)14-5-9-18(10-6-14)26-22(28)20-15-1-2-16(11-15)21(20)23(26)29/h3-10,15-16,20-21H,1-2,11-12H2/t15-,16-,20+,21+/m0/s1. The minimum Gasteiger partial charge on any atom is -0.454 e. The summed E-state index contributed by atoms with van der Waals surface area (Å²) in [6, 6.07) is 13.0. The average Bonchev–Trinajstić information content (AvgIpc) is 3.46. The van der Waals surface area contributed by atoms with Crippen molar-refractivity contribution in [2.24, 2.45) is 23.7 Å². The predicted octanol–water partition coefficient (Wildman–Crippen LogP) is 4.02. The highest BCUT2D eigenvalue weighted by Gasteiger charge is 2.61. The van der Waals surface area contributed by atoms with Gasteiger partial charge in [-0.05, 0) is 67.5 Å². The highest BCUT2D eigenvalue weighted by Crippen LogP contribution is 2.56. The number of Topliss-reactive ketones (excluding diaryl/α,β-unsaturated/α-hetero) is 1. The first-order valence-electron chi connectivity index (χ1n) is 10.4. The fourth-order valence-corrected chi connectivity index (χ4v) is 5.61. The summed E-state index contributed by atoms with van der Waals surface area (Å²) in [6.45, 7) is -0.364. The van der Waals surface area contributed by atoms with Gasteiger partial charge >= 0.3 is 5.97 Å². The molecule has 2 amide bonds. The molecule has 7 heteroatoms. The van der Waals surface area contributed by atoms with Crippen LogP contribution in [0.15, 0.2) is 53.0 Å². The predicted molar refractivity (Wildman–Crippen MR) is 116 cm³/mol. The minimum atomic E-state index is -0.633. The molecular formula is C24H20BrNO5. The van der Waals surface area contributed by atoms with E-state index in [2.05, 4.69) is 15.9 Å². The first kappa shape index (κ1) is 20.1. The highest BCUT2D eigenvalue weighted by atomic mass is 79.9. The molecule has 1 aliphatic heterocycles. The fraction of sp³-hybridized carbons (Fsp3) is 0.333. The fourth-order valence-electron chi connectivity index (χ4n) is 5.34. The molecule has 3 aliphatic rings. The van der Waals surface area contributed by atoms with Gasteiger partial charge in [-0.15, -0.1) is 0 Å². The van der Waals surface area contributed by atoms with Crippen molar-refractivity contribution in [3.05, 3.63) is 64.1 Å². The smallest absolute Gasteiger partial charge is 0.338 e. The number of benzene rings is 2. The monoisotopic (exact) mass is 481 g/mol. The molecule has 0 N–H and O–H groups in total. The molecular weight excluding hydrogens is 462 g/mol. The molecule has 3 fully saturated rings. The summed E-state index contributed by atoms with van der Waals surface area (Å²) in [6.07, 6.45) is 3.05. The third-order valence-electron chi connectivity index (χ3n) is 6.79. The maximum absolute atomic E-state index is 12.9. The van der Waals surface area contributed by atoms with E-state index in [1.165, 1.54) is 17.0 Å². The van der Waals surface area contributed by atoms with E-state index in [-0.39, 0.29) is 41.6 Å². The van der Waals surface area contributed by atoms with Gasteiger partial charge < -0.3 is 4.74 Å². The normalized spacial score (nSPS) is 26.3. The van der Waals surface area contributed by atoms with E-state index in [0.29, 0.717) is 23.1 Å². The van der Waals surface area contributed by atoms with Crippen LogP contribution in [0.25, 0.3) is 0 Å². The van der Waals surface area contributed by atoms with Crippen LogP contribution < -0.4 is 4.90 Å². The van der Waals surface area contributed by atoms with Gasteiger partial charge in [0, 0.05) is 10.0 Å². The van der Waals surface area contributed by atoms with E-state index in [1.807, 2.05) is 0 Å². The van der Waals surface area contributed by atoms with Gasteiger partial charge in [-0.3, -0.25) is 19.3 Å². The number of hydrogen-bond donors (Lipinski definition) is 0. The number of amides is 2. The molecule has 2 aromatic rings. The molecule has 2 bridgehead atoms. The van der Waals surface area contributed by atoms with Crippen molar-refractivity contribution in [3.63, 3.8) is 0 Å². The summed E-state index contributed by atoms with van der Waals surface area (Å²) in [5.74, 6) is -0.864. The van der Waals surface area contributed by atoms with Crippen LogP contribution in [0.5, 0.6) is 0 Å². The van der Waals surface area contributed by atoms with E-state index in [9.17, 15) is 19.2 Å². The number of carbonyl (C=O) groups is 4. The summed E-state index contributed by atoms with van der Waals surface area (Å²) in [5, 5.41) is 0. The SMILES string of the molecule is O=C(COC(=O)c1ccc(N2C(=O)[C@@H]3[C@H]4CC[C@@H](C4)[C@H]3C2=O)cc1)c1ccc(Br)cc1. The molecule has 158 valence electrons. The van der Waals surface area contributed by atoms with Crippen LogP contribution in [0, 0.1) is 23.7 Å². The van der Waals surface area contributed by atoms with Crippen molar-refractivity contribution in [1.82, 2.24) is 0 Å². The minimum absolute atomic E-state index is 0.113. The van der Waals surface area contributed by atoms with Gasteiger partial charge in [-0.25, -0.2) is 4.79 Å². The molecule has 5 rings (SSSR count). The van der Waals surface area contributed by atoms with Crippen molar-refractivity contribution in [1.29, 1.82) is 0 Å². The van der Waals surface area contributed by atoms with Crippen LogP contribution in [0.3, 0.4) is 0 Å². The van der Waals surface area contributed by atoms with E-state index in [4.69, 9.17) is 4.74 Å². The van der Waals surface area contributed by atoms with E-state index < -0.39 is 5.97 Å². The van der Waals surface area contributed by atoms with E-state index in [1.54, 1.807) is 36.4 Å². The second kappa shape index (κ2) is 7.71.